The third-order valence-electron chi connectivity index (χ3n) is 4.51. The lowest BCUT2D eigenvalue weighted by molar-refractivity contribution is -0.180. The fourth-order valence-electron chi connectivity index (χ4n) is 3.14. The van der Waals surface area contributed by atoms with E-state index in [1.54, 1.807) is 48.8 Å². The van der Waals surface area contributed by atoms with E-state index in [0.717, 1.165) is 11.4 Å². The molecule has 0 radical (unpaired) electrons. The number of rotatable bonds is 6. The third-order valence-corrected chi connectivity index (χ3v) is 4.76. The number of ether oxygens (including phenoxy) is 3. The molecule has 1 aliphatic rings. The van der Waals surface area contributed by atoms with E-state index in [1.165, 1.54) is 0 Å². The van der Waals surface area contributed by atoms with Crippen LogP contribution in [0.2, 0.25) is 5.02 Å². The van der Waals surface area contributed by atoms with Gasteiger partial charge in [0.25, 0.3) is 0 Å². The highest BCUT2D eigenvalue weighted by Gasteiger charge is 2.44. The first-order chi connectivity index (χ1) is 13.6. The van der Waals surface area contributed by atoms with Crippen molar-refractivity contribution in [1.29, 1.82) is 0 Å². The first kappa shape index (κ1) is 18.7. The molecule has 0 unspecified atom stereocenters. The van der Waals surface area contributed by atoms with Gasteiger partial charge >= 0.3 is 5.97 Å². The van der Waals surface area contributed by atoms with E-state index in [1.807, 2.05) is 18.2 Å². The zero-order valence-electron chi connectivity index (χ0n) is 15.0. The number of benzene rings is 2. The Morgan fingerprint density at radius 3 is 2.71 bits per heavy atom. The van der Waals surface area contributed by atoms with Crippen LogP contribution in [0.15, 0.2) is 67.0 Å². The second kappa shape index (κ2) is 8.14. The minimum absolute atomic E-state index is 0.0984. The minimum atomic E-state index is -1.02. The average Bonchev–Trinajstić information content (AvgIpc) is 3.38. The SMILES string of the molecule is O=C(OC[C@H]1CO[C@](Cc2ncc[nH]2)(c2ccc(Cl)cc2)O1)c1ccccc1. The molecule has 0 spiro atoms. The molecule has 0 saturated carbocycles. The van der Waals surface area contributed by atoms with Gasteiger partial charge in [-0.1, -0.05) is 41.9 Å². The molecule has 0 aliphatic carbocycles. The first-order valence-corrected chi connectivity index (χ1v) is 9.31. The molecule has 2 atom stereocenters. The number of nitrogens with one attached hydrogen (secondary N) is 1. The Balaban J connectivity index is 1.47. The summed E-state index contributed by atoms with van der Waals surface area (Å²) in [5.41, 5.74) is 1.33. The number of esters is 1. The highest BCUT2D eigenvalue weighted by Crippen LogP contribution is 2.37. The molecular formula is C21H19ClN2O4. The molecule has 28 heavy (non-hydrogen) atoms. The molecule has 2 heterocycles. The molecule has 1 aliphatic heterocycles. The van der Waals surface area contributed by atoms with Gasteiger partial charge in [-0.3, -0.25) is 0 Å². The normalized spacial score (nSPS) is 21.5. The van der Waals surface area contributed by atoms with E-state index < -0.39 is 11.9 Å². The van der Waals surface area contributed by atoms with Crippen molar-refractivity contribution in [2.45, 2.75) is 18.3 Å². The predicted octanol–water partition coefficient (Wildman–Crippen LogP) is 3.73. The van der Waals surface area contributed by atoms with Gasteiger partial charge in [0.15, 0.2) is 0 Å². The summed E-state index contributed by atoms with van der Waals surface area (Å²) in [5, 5.41) is 0.628. The molecule has 1 aromatic heterocycles. The fraction of sp³-hybridized carbons (Fsp3) is 0.238. The largest absolute Gasteiger partial charge is 0.459 e. The van der Waals surface area contributed by atoms with Crippen LogP contribution in [0.25, 0.3) is 0 Å². The second-order valence-corrected chi connectivity index (χ2v) is 6.92. The Morgan fingerprint density at radius 2 is 2.00 bits per heavy atom. The van der Waals surface area contributed by atoms with E-state index >= 15 is 0 Å². The van der Waals surface area contributed by atoms with Crippen molar-refractivity contribution in [2.24, 2.45) is 0 Å². The summed E-state index contributed by atoms with van der Waals surface area (Å²) < 4.78 is 17.7. The standard InChI is InChI=1S/C21H19ClN2O4/c22-17-8-6-16(7-9-17)21(12-19-23-10-11-24-19)27-14-18(28-21)13-26-20(25)15-4-2-1-3-5-15/h1-11,18H,12-14H2,(H,23,24)/t18-,21-/m0/s1. The Kier molecular flexibility index (Phi) is 5.43. The van der Waals surface area contributed by atoms with Gasteiger partial charge in [-0.15, -0.1) is 0 Å². The highest BCUT2D eigenvalue weighted by molar-refractivity contribution is 6.30. The summed E-state index contributed by atoms with van der Waals surface area (Å²) in [4.78, 5) is 19.5. The number of carbonyl (C=O) groups is 1. The van der Waals surface area contributed by atoms with Crippen molar-refractivity contribution in [3.8, 4) is 0 Å². The van der Waals surface area contributed by atoms with Crippen LogP contribution >= 0.6 is 11.6 Å². The van der Waals surface area contributed by atoms with E-state index in [-0.39, 0.29) is 12.6 Å². The van der Waals surface area contributed by atoms with Crippen LogP contribution in [0, 0.1) is 0 Å². The highest BCUT2D eigenvalue weighted by atomic mass is 35.5. The molecule has 1 fully saturated rings. The molecule has 3 aromatic rings. The number of aromatic nitrogens is 2. The van der Waals surface area contributed by atoms with Crippen molar-refractivity contribution >= 4 is 17.6 Å². The smallest absolute Gasteiger partial charge is 0.338 e. The summed E-state index contributed by atoms with van der Waals surface area (Å²) >= 11 is 6.02. The van der Waals surface area contributed by atoms with Crippen molar-refractivity contribution in [3.63, 3.8) is 0 Å². The minimum Gasteiger partial charge on any atom is -0.459 e. The number of imidazole rings is 1. The van der Waals surface area contributed by atoms with Gasteiger partial charge in [0.05, 0.1) is 18.6 Å². The van der Waals surface area contributed by atoms with Crippen LogP contribution in [0.4, 0.5) is 0 Å². The molecular weight excluding hydrogens is 380 g/mol. The lowest BCUT2D eigenvalue weighted by Gasteiger charge is -2.28. The summed E-state index contributed by atoms with van der Waals surface area (Å²) in [5.74, 6) is -0.678. The number of halogens is 1. The van der Waals surface area contributed by atoms with Crippen LogP contribution in [0.1, 0.15) is 21.7 Å². The molecule has 144 valence electrons. The van der Waals surface area contributed by atoms with Gasteiger partial charge in [0.1, 0.15) is 18.5 Å². The van der Waals surface area contributed by atoms with E-state index in [0.29, 0.717) is 23.6 Å². The second-order valence-electron chi connectivity index (χ2n) is 6.49. The van der Waals surface area contributed by atoms with Gasteiger partial charge in [-0.25, -0.2) is 9.78 Å². The Morgan fingerprint density at radius 1 is 1.21 bits per heavy atom. The van der Waals surface area contributed by atoms with Gasteiger partial charge < -0.3 is 19.2 Å². The number of hydrogen-bond acceptors (Lipinski definition) is 5. The summed E-state index contributed by atoms with van der Waals surface area (Å²) in [6.45, 7) is 0.395. The van der Waals surface area contributed by atoms with Crippen LogP contribution in [-0.4, -0.2) is 35.3 Å². The quantitative estimate of drug-likeness (QED) is 0.640. The number of aromatic amines is 1. The predicted molar refractivity (Wildman–Crippen MR) is 103 cm³/mol. The molecule has 2 aromatic carbocycles. The van der Waals surface area contributed by atoms with Crippen molar-refractivity contribution < 1.29 is 19.0 Å². The fourth-order valence-corrected chi connectivity index (χ4v) is 3.26. The summed E-state index contributed by atoms with van der Waals surface area (Å²) in [6, 6.07) is 16.2. The van der Waals surface area contributed by atoms with Crippen LogP contribution in [-0.2, 0) is 26.4 Å². The van der Waals surface area contributed by atoms with Gasteiger partial charge in [-0.05, 0) is 24.3 Å². The summed E-state index contributed by atoms with van der Waals surface area (Å²) in [6.07, 6.45) is 3.43. The molecule has 1 N–H and O–H groups in total. The third kappa shape index (κ3) is 4.09. The Labute approximate surface area is 167 Å². The molecule has 6 nitrogen and oxygen atoms in total. The van der Waals surface area contributed by atoms with Crippen LogP contribution in [0.5, 0.6) is 0 Å². The van der Waals surface area contributed by atoms with Gasteiger partial charge in [0, 0.05) is 23.0 Å². The molecule has 0 amide bonds. The topological polar surface area (TPSA) is 73.4 Å². The van der Waals surface area contributed by atoms with Gasteiger partial charge in [0.2, 0.25) is 5.79 Å². The summed E-state index contributed by atoms with van der Waals surface area (Å²) in [7, 11) is 0. The maximum Gasteiger partial charge on any atom is 0.338 e. The Hall–Kier alpha value is -2.67. The molecule has 1 saturated heterocycles. The van der Waals surface area contributed by atoms with Crippen molar-refractivity contribution in [2.75, 3.05) is 13.2 Å². The average molecular weight is 399 g/mol. The van der Waals surface area contributed by atoms with Crippen molar-refractivity contribution in [1.82, 2.24) is 9.97 Å². The van der Waals surface area contributed by atoms with E-state index in [2.05, 4.69) is 9.97 Å². The Bertz CT molecular complexity index is 915. The zero-order valence-corrected chi connectivity index (χ0v) is 15.8. The van der Waals surface area contributed by atoms with E-state index in [9.17, 15) is 4.79 Å². The number of carbonyl (C=O) groups excluding carboxylic acids is 1. The van der Waals surface area contributed by atoms with Crippen LogP contribution in [0.3, 0.4) is 0 Å². The number of nitrogens with zero attached hydrogens (tertiary/aromatic N) is 1. The lowest BCUT2D eigenvalue weighted by atomic mass is 10.0. The van der Waals surface area contributed by atoms with Crippen molar-refractivity contribution in [3.05, 3.63) is 89.0 Å². The van der Waals surface area contributed by atoms with E-state index in [4.69, 9.17) is 25.8 Å². The first-order valence-electron chi connectivity index (χ1n) is 8.93. The zero-order chi connectivity index (χ0) is 19.4. The van der Waals surface area contributed by atoms with Gasteiger partial charge in [-0.2, -0.15) is 0 Å². The maximum absolute atomic E-state index is 12.2. The van der Waals surface area contributed by atoms with Crippen LogP contribution < -0.4 is 0 Å². The number of hydrogen-bond donors (Lipinski definition) is 1. The lowest BCUT2D eigenvalue weighted by Crippen LogP contribution is -2.32. The molecule has 4 rings (SSSR count). The number of H-pyrrole nitrogens is 1. The molecule has 0 bridgehead atoms. The molecule has 7 heteroatoms. The maximum atomic E-state index is 12.2. The monoisotopic (exact) mass is 398 g/mol.